The van der Waals surface area contributed by atoms with Crippen molar-refractivity contribution in [3.05, 3.63) is 65.7 Å². The maximum absolute atomic E-state index is 13.6. The van der Waals surface area contributed by atoms with Crippen molar-refractivity contribution in [3.63, 3.8) is 0 Å². The van der Waals surface area contributed by atoms with E-state index in [0.717, 1.165) is 0 Å². The molecule has 0 saturated heterocycles. The van der Waals surface area contributed by atoms with Gasteiger partial charge in [0.1, 0.15) is 11.9 Å². The number of benzene rings is 1. The Hall–Kier alpha value is -2.43. The fourth-order valence-electron chi connectivity index (χ4n) is 2.27. The molecule has 0 radical (unpaired) electrons. The summed E-state index contributed by atoms with van der Waals surface area (Å²) in [5, 5.41) is 2.84. The Morgan fingerprint density at radius 2 is 2.00 bits per heavy atom. The molecule has 0 saturated carbocycles. The van der Waals surface area contributed by atoms with Crippen molar-refractivity contribution in [2.45, 2.75) is 25.9 Å². The predicted molar refractivity (Wildman–Crippen MR) is 83.9 cm³/mol. The summed E-state index contributed by atoms with van der Waals surface area (Å²) in [4.78, 5) is 18.2. The number of urea groups is 1. The van der Waals surface area contributed by atoms with E-state index in [0.29, 0.717) is 11.3 Å². The maximum Gasteiger partial charge on any atom is 0.318 e. The molecule has 0 aliphatic rings. The third kappa shape index (κ3) is 3.81. The minimum Gasteiger partial charge on any atom is -0.336 e. The number of carbonyl (C=O) groups excluding carboxylic acids is 1. The molecule has 0 fully saturated rings. The van der Waals surface area contributed by atoms with Gasteiger partial charge >= 0.3 is 6.03 Å². The number of pyridine rings is 1. The monoisotopic (exact) mass is 301 g/mol. The molecular formula is C17H20FN3O. The molecule has 22 heavy (non-hydrogen) atoms. The van der Waals surface area contributed by atoms with Gasteiger partial charge in [-0.05, 0) is 43.7 Å². The van der Waals surface area contributed by atoms with Crippen molar-refractivity contribution in [2.24, 2.45) is 0 Å². The molecule has 5 heteroatoms. The molecule has 4 nitrogen and oxygen atoms in total. The number of nitrogens with zero attached hydrogens (tertiary/aromatic N) is 2. The quantitative estimate of drug-likeness (QED) is 0.941. The number of aromatic nitrogens is 1. The van der Waals surface area contributed by atoms with E-state index in [1.54, 1.807) is 31.4 Å². The zero-order chi connectivity index (χ0) is 16.1. The highest BCUT2D eigenvalue weighted by Gasteiger charge is 2.25. The van der Waals surface area contributed by atoms with Gasteiger partial charge in [-0.25, -0.2) is 9.18 Å². The van der Waals surface area contributed by atoms with Crippen LogP contribution in [0.2, 0.25) is 0 Å². The first kappa shape index (κ1) is 15.9. The van der Waals surface area contributed by atoms with Crippen LogP contribution in [0.15, 0.2) is 48.7 Å². The molecule has 1 aromatic heterocycles. The topological polar surface area (TPSA) is 45.2 Å². The number of halogens is 1. The van der Waals surface area contributed by atoms with Gasteiger partial charge in [-0.2, -0.15) is 0 Å². The molecule has 1 aromatic carbocycles. The lowest BCUT2D eigenvalue weighted by atomic mass is 10.0. The normalized spacial score (nSPS) is 12.0. The van der Waals surface area contributed by atoms with Crippen molar-refractivity contribution < 1.29 is 9.18 Å². The van der Waals surface area contributed by atoms with Crippen LogP contribution in [0.1, 0.15) is 31.1 Å². The number of amides is 2. The van der Waals surface area contributed by atoms with Gasteiger partial charge in [0.05, 0.1) is 5.69 Å². The fraction of sp³-hybridized carbons (Fsp3) is 0.294. The van der Waals surface area contributed by atoms with Crippen LogP contribution in [-0.2, 0) is 0 Å². The summed E-state index contributed by atoms with van der Waals surface area (Å²) in [6.45, 7) is 3.79. The summed E-state index contributed by atoms with van der Waals surface area (Å²) in [7, 11) is 1.68. The molecule has 0 unspecified atom stereocenters. The van der Waals surface area contributed by atoms with Crippen molar-refractivity contribution >= 4 is 6.03 Å². The molecule has 0 aliphatic carbocycles. The largest absolute Gasteiger partial charge is 0.336 e. The predicted octanol–water partition coefficient (Wildman–Crippen LogP) is 3.36. The standard InChI is InChI=1S/C17H20FN3O/c1-12(2)20-17(22)21(3)16(15-9-4-5-10-19-15)13-7-6-8-14(18)11-13/h4-12,16H,1-3H3,(H,20,22)/t16-/m0/s1. The molecule has 2 rings (SSSR count). The first-order chi connectivity index (χ1) is 10.5. The molecule has 1 heterocycles. The van der Waals surface area contributed by atoms with E-state index in [1.807, 2.05) is 26.0 Å². The number of carbonyl (C=O) groups is 1. The van der Waals surface area contributed by atoms with E-state index in [1.165, 1.54) is 17.0 Å². The lowest BCUT2D eigenvalue weighted by Gasteiger charge is -2.29. The van der Waals surface area contributed by atoms with Crippen molar-refractivity contribution in [2.75, 3.05) is 7.05 Å². The second-order valence-corrected chi connectivity index (χ2v) is 5.43. The van der Waals surface area contributed by atoms with Crippen LogP contribution in [0.4, 0.5) is 9.18 Å². The Bertz CT molecular complexity index is 631. The van der Waals surface area contributed by atoms with Crippen LogP contribution in [0, 0.1) is 5.82 Å². The molecule has 0 bridgehead atoms. The SMILES string of the molecule is CC(C)NC(=O)N(C)[C@@H](c1cccc(F)c1)c1ccccn1. The number of nitrogens with one attached hydrogen (secondary N) is 1. The number of rotatable bonds is 4. The van der Waals surface area contributed by atoms with Crippen LogP contribution in [0.3, 0.4) is 0 Å². The second-order valence-electron chi connectivity index (χ2n) is 5.43. The Morgan fingerprint density at radius 3 is 2.59 bits per heavy atom. The van der Waals surface area contributed by atoms with E-state index in [-0.39, 0.29) is 17.9 Å². The minimum atomic E-state index is -0.448. The molecular weight excluding hydrogens is 281 g/mol. The van der Waals surface area contributed by atoms with Crippen molar-refractivity contribution in [1.82, 2.24) is 15.2 Å². The number of hydrogen-bond donors (Lipinski definition) is 1. The first-order valence-corrected chi connectivity index (χ1v) is 7.18. The summed E-state index contributed by atoms with van der Waals surface area (Å²) >= 11 is 0. The molecule has 0 aliphatic heterocycles. The molecule has 0 spiro atoms. The minimum absolute atomic E-state index is 0.0202. The van der Waals surface area contributed by atoms with Gasteiger partial charge < -0.3 is 10.2 Å². The van der Waals surface area contributed by atoms with Crippen LogP contribution in [0.25, 0.3) is 0 Å². The third-order valence-electron chi connectivity index (χ3n) is 3.25. The Kier molecular flexibility index (Phi) is 5.09. The Balaban J connectivity index is 2.40. The molecule has 1 atom stereocenters. The van der Waals surface area contributed by atoms with Gasteiger partial charge in [0.25, 0.3) is 0 Å². The Morgan fingerprint density at radius 1 is 1.23 bits per heavy atom. The number of hydrogen-bond acceptors (Lipinski definition) is 2. The highest BCUT2D eigenvalue weighted by Crippen LogP contribution is 2.26. The van der Waals surface area contributed by atoms with Crippen molar-refractivity contribution in [3.8, 4) is 0 Å². The third-order valence-corrected chi connectivity index (χ3v) is 3.25. The summed E-state index contributed by atoms with van der Waals surface area (Å²) in [6, 6.07) is 11.1. The van der Waals surface area contributed by atoms with Gasteiger partial charge in [0, 0.05) is 19.3 Å². The fourth-order valence-corrected chi connectivity index (χ4v) is 2.27. The van der Waals surface area contributed by atoms with Crippen LogP contribution >= 0.6 is 0 Å². The highest BCUT2D eigenvalue weighted by atomic mass is 19.1. The van der Waals surface area contributed by atoms with Crippen molar-refractivity contribution in [1.29, 1.82) is 0 Å². The first-order valence-electron chi connectivity index (χ1n) is 7.18. The van der Waals surface area contributed by atoms with E-state index in [2.05, 4.69) is 10.3 Å². The van der Waals surface area contributed by atoms with Crippen LogP contribution in [-0.4, -0.2) is 29.0 Å². The van der Waals surface area contributed by atoms with Gasteiger partial charge in [-0.15, -0.1) is 0 Å². The molecule has 2 amide bonds. The second kappa shape index (κ2) is 7.02. The van der Waals surface area contributed by atoms with E-state index >= 15 is 0 Å². The van der Waals surface area contributed by atoms with Crippen LogP contribution in [0.5, 0.6) is 0 Å². The van der Waals surface area contributed by atoms with Crippen LogP contribution < -0.4 is 5.32 Å². The maximum atomic E-state index is 13.6. The molecule has 116 valence electrons. The van der Waals surface area contributed by atoms with Gasteiger partial charge in [0.2, 0.25) is 0 Å². The van der Waals surface area contributed by atoms with Gasteiger partial charge in [-0.3, -0.25) is 4.98 Å². The summed E-state index contributed by atoms with van der Waals surface area (Å²) in [6.07, 6.45) is 1.66. The zero-order valence-corrected chi connectivity index (χ0v) is 13.0. The lowest BCUT2D eigenvalue weighted by molar-refractivity contribution is 0.194. The Labute approximate surface area is 130 Å². The summed E-state index contributed by atoms with van der Waals surface area (Å²) in [5.41, 5.74) is 1.37. The molecule has 1 N–H and O–H groups in total. The van der Waals surface area contributed by atoms with E-state index in [9.17, 15) is 9.18 Å². The summed E-state index contributed by atoms with van der Waals surface area (Å²) in [5.74, 6) is -0.337. The highest BCUT2D eigenvalue weighted by molar-refractivity contribution is 5.75. The zero-order valence-electron chi connectivity index (χ0n) is 13.0. The average molecular weight is 301 g/mol. The van der Waals surface area contributed by atoms with E-state index in [4.69, 9.17) is 0 Å². The summed E-state index contributed by atoms with van der Waals surface area (Å²) < 4.78 is 13.6. The molecule has 2 aromatic rings. The smallest absolute Gasteiger partial charge is 0.318 e. The average Bonchev–Trinajstić information content (AvgIpc) is 2.48. The van der Waals surface area contributed by atoms with Gasteiger partial charge in [-0.1, -0.05) is 18.2 Å². The lowest BCUT2D eigenvalue weighted by Crippen LogP contribution is -2.43. The van der Waals surface area contributed by atoms with Gasteiger partial charge in [0.15, 0.2) is 0 Å². The van der Waals surface area contributed by atoms with E-state index < -0.39 is 6.04 Å².